The number of aryl methyl sites for hydroxylation is 4. The fourth-order valence-electron chi connectivity index (χ4n) is 3.81. The first-order valence-electron chi connectivity index (χ1n) is 9.67. The van der Waals surface area contributed by atoms with Crippen LogP contribution in [0.25, 0.3) is 0 Å². The number of aromatic nitrogens is 4. The summed E-state index contributed by atoms with van der Waals surface area (Å²) in [7, 11) is -1.77. The molecule has 152 valence electrons. The third-order valence-corrected chi connectivity index (χ3v) is 7.44. The highest BCUT2D eigenvalue weighted by atomic mass is 32.2. The molecule has 9 nitrogen and oxygen atoms in total. The molecule has 0 saturated carbocycles. The third kappa shape index (κ3) is 3.63. The molecule has 1 aliphatic carbocycles. The number of piperazine rings is 1. The zero-order valence-corrected chi connectivity index (χ0v) is 17.2. The van der Waals surface area contributed by atoms with Gasteiger partial charge in [-0.05, 0) is 31.7 Å². The van der Waals surface area contributed by atoms with Gasteiger partial charge in [-0.25, -0.2) is 18.1 Å². The first-order chi connectivity index (χ1) is 13.3. The van der Waals surface area contributed by atoms with Crippen molar-refractivity contribution in [2.45, 2.75) is 37.8 Å². The van der Waals surface area contributed by atoms with E-state index in [1.807, 2.05) is 0 Å². The van der Waals surface area contributed by atoms with Crippen LogP contribution in [0.15, 0.2) is 22.1 Å². The van der Waals surface area contributed by atoms with Crippen molar-refractivity contribution >= 4 is 10.0 Å². The van der Waals surface area contributed by atoms with Crippen molar-refractivity contribution in [1.82, 2.24) is 28.5 Å². The fraction of sp³-hybridized carbons (Fsp3) is 0.611. The highest BCUT2D eigenvalue weighted by Gasteiger charge is 2.30. The second kappa shape index (κ2) is 7.41. The van der Waals surface area contributed by atoms with Crippen molar-refractivity contribution in [3.05, 3.63) is 39.7 Å². The van der Waals surface area contributed by atoms with Gasteiger partial charge in [0.2, 0.25) is 0 Å². The molecule has 1 aliphatic heterocycles. The largest absolute Gasteiger partial charge is 0.337 e. The van der Waals surface area contributed by atoms with E-state index >= 15 is 0 Å². The van der Waals surface area contributed by atoms with Crippen LogP contribution in [0.2, 0.25) is 0 Å². The van der Waals surface area contributed by atoms with Crippen LogP contribution in [0.3, 0.4) is 0 Å². The monoisotopic (exact) mass is 406 g/mol. The summed E-state index contributed by atoms with van der Waals surface area (Å²) < 4.78 is 30.3. The highest BCUT2D eigenvalue weighted by Crippen LogP contribution is 2.18. The molecule has 4 rings (SSSR count). The second-order valence-electron chi connectivity index (χ2n) is 7.51. The lowest BCUT2D eigenvalue weighted by molar-refractivity contribution is 0.180. The number of rotatable bonds is 5. The van der Waals surface area contributed by atoms with Crippen molar-refractivity contribution in [3.63, 3.8) is 0 Å². The summed E-state index contributed by atoms with van der Waals surface area (Å²) in [4.78, 5) is 18.5. The molecule has 0 radical (unpaired) electrons. The Morgan fingerprint density at radius 2 is 1.86 bits per heavy atom. The van der Waals surface area contributed by atoms with E-state index in [9.17, 15) is 13.2 Å². The van der Waals surface area contributed by atoms with Gasteiger partial charge in [0.1, 0.15) is 5.82 Å². The maximum atomic E-state index is 12.8. The Labute approximate surface area is 164 Å². The van der Waals surface area contributed by atoms with Crippen molar-refractivity contribution < 1.29 is 8.42 Å². The minimum absolute atomic E-state index is 0.0487. The summed E-state index contributed by atoms with van der Waals surface area (Å²) in [5, 5.41) is 4.61. The summed E-state index contributed by atoms with van der Waals surface area (Å²) in [6.07, 6.45) is 4.52. The predicted octanol–water partition coefficient (Wildman–Crippen LogP) is -0.220. The van der Waals surface area contributed by atoms with Gasteiger partial charge in [-0.15, -0.1) is 0 Å². The minimum atomic E-state index is -3.56. The Kier molecular flexibility index (Phi) is 5.11. The van der Waals surface area contributed by atoms with Crippen LogP contribution in [-0.4, -0.2) is 69.7 Å². The molecule has 28 heavy (non-hydrogen) atoms. The first kappa shape index (κ1) is 19.3. The van der Waals surface area contributed by atoms with E-state index in [-0.39, 0.29) is 10.6 Å². The highest BCUT2D eigenvalue weighted by molar-refractivity contribution is 7.89. The number of nitrogens with zero attached hydrogens (tertiary/aromatic N) is 6. The normalized spacial score (nSPS) is 18.5. The molecular weight excluding hydrogens is 380 g/mol. The molecular formula is C18H26N6O3S. The molecule has 0 atom stereocenters. The maximum Gasteiger partial charge on any atom is 0.267 e. The van der Waals surface area contributed by atoms with Gasteiger partial charge in [0.25, 0.3) is 15.6 Å². The van der Waals surface area contributed by atoms with E-state index in [1.54, 1.807) is 35.5 Å². The summed E-state index contributed by atoms with van der Waals surface area (Å²) in [6.45, 7) is 5.09. The zero-order valence-electron chi connectivity index (χ0n) is 16.3. The first-order valence-corrected chi connectivity index (χ1v) is 11.1. The Morgan fingerprint density at radius 1 is 1.11 bits per heavy atom. The van der Waals surface area contributed by atoms with Crippen molar-refractivity contribution in [3.8, 4) is 0 Å². The Hall–Kier alpha value is -2.04. The van der Waals surface area contributed by atoms with Gasteiger partial charge in [-0.3, -0.25) is 9.69 Å². The standard InChI is InChI=1S/C18H26N6O3S/c1-14-19-17(13-21(14)2)28(26,27)23-9-6-22(7-10-23)8-11-24-18(25)12-15-4-3-5-16(15)20-24/h12-13H,3-11H2,1-2H3. The number of sulfonamides is 1. The van der Waals surface area contributed by atoms with E-state index in [0.717, 1.165) is 30.5 Å². The lowest BCUT2D eigenvalue weighted by atomic mass is 10.2. The lowest BCUT2D eigenvalue weighted by Crippen LogP contribution is -2.49. The molecule has 2 aromatic heterocycles. The van der Waals surface area contributed by atoms with Crippen LogP contribution in [0.1, 0.15) is 23.5 Å². The molecule has 0 amide bonds. The van der Waals surface area contributed by atoms with Crippen LogP contribution in [0.4, 0.5) is 0 Å². The van der Waals surface area contributed by atoms with Crippen LogP contribution in [0, 0.1) is 6.92 Å². The lowest BCUT2D eigenvalue weighted by Gasteiger charge is -2.33. The molecule has 0 spiro atoms. The van der Waals surface area contributed by atoms with Crippen molar-refractivity contribution in [2.75, 3.05) is 32.7 Å². The SMILES string of the molecule is Cc1nc(S(=O)(=O)N2CCN(CCn3nc4c(cc3=O)CCC4)CC2)cn1C. The van der Waals surface area contributed by atoms with Crippen molar-refractivity contribution in [1.29, 1.82) is 0 Å². The van der Waals surface area contributed by atoms with Crippen LogP contribution >= 0.6 is 0 Å². The summed E-state index contributed by atoms with van der Waals surface area (Å²) in [5.41, 5.74) is 2.08. The van der Waals surface area contributed by atoms with Gasteiger partial charge in [0.05, 0.1) is 12.2 Å². The average Bonchev–Trinajstić information content (AvgIpc) is 3.26. The smallest absolute Gasteiger partial charge is 0.267 e. The van der Waals surface area contributed by atoms with Gasteiger partial charge >= 0.3 is 0 Å². The number of fused-ring (bicyclic) bond motifs is 1. The van der Waals surface area contributed by atoms with E-state index < -0.39 is 10.0 Å². The summed E-state index contributed by atoms with van der Waals surface area (Å²) >= 11 is 0. The molecule has 2 aliphatic rings. The minimum Gasteiger partial charge on any atom is -0.337 e. The molecule has 0 unspecified atom stereocenters. The Morgan fingerprint density at radius 3 is 2.54 bits per heavy atom. The molecule has 1 fully saturated rings. The molecule has 0 aromatic carbocycles. The predicted molar refractivity (Wildman–Crippen MR) is 104 cm³/mol. The summed E-state index contributed by atoms with van der Waals surface area (Å²) in [6, 6.07) is 1.72. The van der Waals surface area contributed by atoms with Crippen molar-refractivity contribution in [2.24, 2.45) is 7.05 Å². The molecule has 1 saturated heterocycles. The van der Waals surface area contributed by atoms with E-state index in [2.05, 4.69) is 15.0 Å². The number of hydrogen-bond acceptors (Lipinski definition) is 6. The number of hydrogen-bond donors (Lipinski definition) is 0. The van der Waals surface area contributed by atoms with E-state index in [1.165, 1.54) is 4.31 Å². The zero-order chi connectivity index (χ0) is 19.9. The summed E-state index contributed by atoms with van der Waals surface area (Å²) in [5.74, 6) is 0.671. The second-order valence-corrected chi connectivity index (χ2v) is 9.40. The van der Waals surface area contributed by atoms with Gasteiger partial charge < -0.3 is 4.57 Å². The number of imidazole rings is 1. The Balaban J connectivity index is 1.35. The Bertz CT molecular complexity index is 1010. The molecule has 3 heterocycles. The topological polar surface area (TPSA) is 93.3 Å². The van der Waals surface area contributed by atoms with E-state index in [4.69, 9.17) is 0 Å². The van der Waals surface area contributed by atoms with Crippen LogP contribution in [-0.2, 0) is 36.5 Å². The molecule has 0 bridgehead atoms. The average molecular weight is 407 g/mol. The molecule has 10 heteroatoms. The van der Waals surface area contributed by atoms with E-state index in [0.29, 0.717) is 45.1 Å². The maximum absolute atomic E-state index is 12.8. The van der Waals surface area contributed by atoms with Gasteiger partial charge in [0, 0.05) is 52.0 Å². The van der Waals surface area contributed by atoms with Gasteiger partial charge in [0.15, 0.2) is 5.03 Å². The fourth-order valence-corrected chi connectivity index (χ4v) is 5.26. The van der Waals surface area contributed by atoms with Crippen LogP contribution in [0.5, 0.6) is 0 Å². The molecule has 0 N–H and O–H groups in total. The van der Waals surface area contributed by atoms with Gasteiger partial charge in [-0.1, -0.05) is 0 Å². The van der Waals surface area contributed by atoms with Gasteiger partial charge in [-0.2, -0.15) is 9.40 Å². The van der Waals surface area contributed by atoms with Crippen LogP contribution < -0.4 is 5.56 Å². The third-order valence-electron chi connectivity index (χ3n) is 5.67. The molecule has 2 aromatic rings. The quantitative estimate of drug-likeness (QED) is 0.682.